The van der Waals surface area contributed by atoms with Crippen molar-refractivity contribution in [3.8, 4) is 0 Å². The average molecular weight is 292 g/mol. The van der Waals surface area contributed by atoms with E-state index in [0.29, 0.717) is 11.2 Å². The zero-order valence-electron chi connectivity index (χ0n) is 13.2. The summed E-state index contributed by atoms with van der Waals surface area (Å²) >= 11 is 1.79. The minimum atomic E-state index is 0.161. The number of nitrogens with zero attached hydrogens (tertiary/aromatic N) is 1. The molecule has 0 amide bonds. The molecule has 3 atom stereocenters. The summed E-state index contributed by atoms with van der Waals surface area (Å²) in [5.74, 6) is 0.442. The van der Waals surface area contributed by atoms with Crippen LogP contribution in [0.4, 0.5) is 0 Å². The number of thioether (sulfide) groups is 1. The lowest BCUT2D eigenvalue weighted by Crippen LogP contribution is -2.40. The van der Waals surface area contributed by atoms with Crippen LogP contribution in [0.1, 0.15) is 33.6 Å². The molecule has 112 valence electrons. The van der Waals surface area contributed by atoms with Crippen molar-refractivity contribution in [2.45, 2.75) is 44.9 Å². The van der Waals surface area contributed by atoms with Crippen LogP contribution < -0.4 is 5.73 Å². The Morgan fingerprint density at radius 2 is 2.20 bits per heavy atom. The SMILES string of the molecule is C=C(CC)C1=CC(C)C(SC(=C)N(C)/C=C\C)C(N)C1. The van der Waals surface area contributed by atoms with Gasteiger partial charge in [0.1, 0.15) is 0 Å². The molecule has 0 aliphatic heterocycles. The number of hydrogen-bond acceptors (Lipinski definition) is 3. The van der Waals surface area contributed by atoms with Gasteiger partial charge in [0.15, 0.2) is 0 Å². The van der Waals surface area contributed by atoms with E-state index < -0.39 is 0 Å². The van der Waals surface area contributed by atoms with Crippen molar-refractivity contribution in [1.82, 2.24) is 4.90 Å². The Hall–Kier alpha value is -0.930. The maximum absolute atomic E-state index is 6.39. The van der Waals surface area contributed by atoms with Crippen molar-refractivity contribution in [3.63, 3.8) is 0 Å². The van der Waals surface area contributed by atoms with Crippen molar-refractivity contribution >= 4 is 11.8 Å². The van der Waals surface area contributed by atoms with E-state index in [1.807, 2.05) is 31.1 Å². The summed E-state index contributed by atoms with van der Waals surface area (Å²) in [6.07, 6.45) is 8.30. The van der Waals surface area contributed by atoms with Crippen molar-refractivity contribution in [1.29, 1.82) is 0 Å². The highest BCUT2D eigenvalue weighted by molar-refractivity contribution is 8.03. The van der Waals surface area contributed by atoms with E-state index in [4.69, 9.17) is 5.73 Å². The monoisotopic (exact) mass is 292 g/mol. The predicted octanol–water partition coefficient (Wildman–Crippen LogP) is 4.28. The third kappa shape index (κ3) is 4.29. The third-order valence-electron chi connectivity index (χ3n) is 3.78. The van der Waals surface area contributed by atoms with E-state index in [0.717, 1.165) is 17.9 Å². The standard InChI is InChI=1S/C17H28N2S/c1-7-9-19(6)14(5)20-17-13(4)10-15(11-16(17)18)12(3)8-2/h7,9-10,13,16-17H,3,5,8,11,18H2,1-2,4,6H3/b9-7-. The molecule has 3 heteroatoms. The summed E-state index contributed by atoms with van der Waals surface area (Å²) < 4.78 is 0. The van der Waals surface area contributed by atoms with Gasteiger partial charge >= 0.3 is 0 Å². The summed E-state index contributed by atoms with van der Waals surface area (Å²) in [7, 11) is 2.02. The van der Waals surface area contributed by atoms with E-state index in [1.54, 1.807) is 11.8 Å². The molecule has 0 fully saturated rings. The molecule has 2 N–H and O–H groups in total. The molecule has 0 spiro atoms. The second-order valence-corrected chi connectivity index (χ2v) is 6.70. The van der Waals surface area contributed by atoms with Crippen LogP contribution in [-0.2, 0) is 0 Å². The third-order valence-corrected chi connectivity index (χ3v) is 5.39. The topological polar surface area (TPSA) is 29.3 Å². The second-order valence-electron chi connectivity index (χ2n) is 5.45. The molecular formula is C17H28N2S. The van der Waals surface area contributed by atoms with Crippen LogP contribution in [0.2, 0.25) is 0 Å². The fourth-order valence-corrected chi connectivity index (χ4v) is 3.58. The first-order valence-corrected chi connectivity index (χ1v) is 8.14. The minimum absolute atomic E-state index is 0.161. The largest absolute Gasteiger partial charge is 0.347 e. The van der Waals surface area contributed by atoms with Crippen LogP contribution in [0.15, 0.2) is 47.7 Å². The Morgan fingerprint density at radius 1 is 1.55 bits per heavy atom. The highest BCUT2D eigenvalue weighted by atomic mass is 32.2. The highest BCUT2D eigenvalue weighted by Gasteiger charge is 2.30. The van der Waals surface area contributed by atoms with E-state index in [2.05, 4.69) is 33.1 Å². The van der Waals surface area contributed by atoms with Gasteiger partial charge in [-0.3, -0.25) is 0 Å². The molecule has 0 radical (unpaired) electrons. The van der Waals surface area contributed by atoms with Gasteiger partial charge in [-0.15, -0.1) is 11.8 Å². The smallest absolute Gasteiger partial charge is 0.0674 e. The first kappa shape index (κ1) is 17.1. The Balaban J connectivity index is 2.76. The van der Waals surface area contributed by atoms with Crippen molar-refractivity contribution < 1.29 is 0 Å². The first-order chi connectivity index (χ1) is 9.40. The van der Waals surface area contributed by atoms with E-state index in [-0.39, 0.29) is 6.04 Å². The second kappa shape index (κ2) is 7.75. The van der Waals surface area contributed by atoms with E-state index in [9.17, 15) is 0 Å². The lowest BCUT2D eigenvalue weighted by atomic mass is 9.84. The lowest BCUT2D eigenvalue weighted by molar-refractivity contribution is 0.511. The van der Waals surface area contributed by atoms with Crippen LogP contribution in [0.5, 0.6) is 0 Å². The summed E-state index contributed by atoms with van der Waals surface area (Å²) in [6, 6.07) is 0.161. The van der Waals surface area contributed by atoms with Crippen LogP contribution in [0, 0.1) is 5.92 Å². The van der Waals surface area contributed by atoms with Gasteiger partial charge in [-0.25, -0.2) is 0 Å². The van der Waals surface area contributed by atoms with Crippen LogP contribution >= 0.6 is 11.8 Å². The zero-order valence-corrected chi connectivity index (χ0v) is 14.0. The van der Waals surface area contributed by atoms with Crippen LogP contribution in [0.25, 0.3) is 0 Å². The molecule has 0 saturated carbocycles. The molecule has 1 aliphatic rings. The Labute approximate surface area is 128 Å². The number of rotatable bonds is 6. The highest BCUT2D eigenvalue weighted by Crippen LogP contribution is 2.37. The quantitative estimate of drug-likeness (QED) is 0.792. The molecule has 3 unspecified atom stereocenters. The van der Waals surface area contributed by atoms with Gasteiger partial charge in [-0.2, -0.15) is 0 Å². The molecule has 2 nitrogen and oxygen atoms in total. The zero-order chi connectivity index (χ0) is 15.3. The maximum atomic E-state index is 6.39. The van der Waals surface area contributed by atoms with Crippen molar-refractivity contribution in [2.75, 3.05) is 7.05 Å². The van der Waals surface area contributed by atoms with Gasteiger partial charge in [0.2, 0.25) is 0 Å². The molecule has 0 aromatic rings. The Kier molecular flexibility index (Phi) is 6.63. The fourth-order valence-electron chi connectivity index (χ4n) is 2.47. The summed E-state index contributed by atoms with van der Waals surface area (Å²) in [5.41, 5.74) is 8.96. The fraction of sp³-hybridized carbons (Fsp3) is 0.529. The van der Waals surface area contributed by atoms with Gasteiger partial charge in [0.05, 0.1) is 5.03 Å². The molecule has 0 saturated heterocycles. The summed E-state index contributed by atoms with van der Waals surface area (Å²) in [4.78, 5) is 2.05. The first-order valence-electron chi connectivity index (χ1n) is 7.26. The summed E-state index contributed by atoms with van der Waals surface area (Å²) in [5, 5.41) is 1.42. The molecule has 0 bridgehead atoms. The molecule has 1 aliphatic carbocycles. The van der Waals surface area contributed by atoms with Gasteiger partial charge < -0.3 is 10.6 Å². The lowest BCUT2D eigenvalue weighted by Gasteiger charge is -2.35. The molecule has 20 heavy (non-hydrogen) atoms. The molecular weight excluding hydrogens is 264 g/mol. The number of nitrogens with two attached hydrogens (primary N) is 1. The van der Waals surface area contributed by atoms with Crippen molar-refractivity contribution in [2.24, 2.45) is 11.7 Å². The van der Waals surface area contributed by atoms with Crippen LogP contribution in [0.3, 0.4) is 0 Å². The molecule has 0 aromatic heterocycles. The molecule has 0 heterocycles. The Morgan fingerprint density at radius 3 is 2.70 bits per heavy atom. The van der Waals surface area contributed by atoms with Crippen LogP contribution in [-0.4, -0.2) is 23.2 Å². The molecule has 0 aromatic carbocycles. The van der Waals surface area contributed by atoms with Gasteiger partial charge in [0.25, 0.3) is 0 Å². The predicted molar refractivity (Wildman–Crippen MR) is 92.4 cm³/mol. The number of allylic oxidation sites excluding steroid dienone is 3. The van der Waals surface area contributed by atoms with Crippen molar-refractivity contribution in [3.05, 3.63) is 47.7 Å². The van der Waals surface area contributed by atoms with E-state index in [1.165, 1.54) is 11.1 Å². The summed E-state index contributed by atoms with van der Waals surface area (Å²) in [6.45, 7) is 14.7. The van der Waals surface area contributed by atoms with Gasteiger partial charge in [-0.1, -0.05) is 44.7 Å². The molecule has 1 rings (SSSR count). The number of hydrogen-bond donors (Lipinski definition) is 1. The van der Waals surface area contributed by atoms with Gasteiger partial charge in [0, 0.05) is 18.3 Å². The van der Waals surface area contributed by atoms with Gasteiger partial charge in [-0.05, 0) is 37.5 Å². The average Bonchev–Trinajstić information content (AvgIpc) is 2.41. The Bertz CT molecular complexity index is 423. The normalized spacial score (nSPS) is 26.4. The maximum Gasteiger partial charge on any atom is 0.0674 e. The van der Waals surface area contributed by atoms with E-state index >= 15 is 0 Å². The minimum Gasteiger partial charge on any atom is -0.347 e.